The predicted molar refractivity (Wildman–Crippen MR) is 64.3 cm³/mol. The van der Waals surface area contributed by atoms with E-state index in [1.807, 2.05) is 25.1 Å². The molecule has 17 heavy (non-hydrogen) atoms. The Morgan fingerprint density at radius 2 is 2.29 bits per heavy atom. The highest BCUT2D eigenvalue weighted by Gasteiger charge is 2.10. The predicted octanol–water partition coefficient (Wildman–Crippen LogP) is 1.98. The number of anilines is 1. The molecule has 2 N–H and O–H groups in total. The van der Waals surface area contributed by atoms with Gasteiger partial charge in [0.1, 0.15) is 5.75 Å². The molecule has 88 valence electrons. The number of hydrogen-bond donors (Lipinski definition) is 2. The molecule has 0 atom stereocenters. The van der Waals surface area contributed by atoms with Crippen LogP contribution in [0.2, 0.25) is 0 Å². The molecule has 0 radical (unpaired) electrons. The fourth-order valence-electron chi connectivity index (χ4n) is 1.49. The summed E-state index contributed by atoms with van der Waals surface area (Å²) in [6.07, 6.45) is 3.01. The summed E-state index contributed by atoms with van der Waals surface area (Å²) in [4.78, 5) is 11.8. The van der Waals surface area contributed by atoms with Gasteiger partial charge in [-0.05, 0) is 24.6 Å². The lowest BCUT2D eigenvalue weighted by atomic mass is 10.2. The summed E-state index contributed by atoms with van der Waals surface area (Å²) in [7, 11) is 1.57. The Kier molecular flexibility index (Phi) is 3.09. The molecule has 0 unspecified atom stereocenters. The van der Waals surface area contributed by atoms with Crippen molar-refractivity contribution in [1.29, 1.82) is 0 Å². The molecular formula is C12H13N3O2. The summed E-state index contributed by atoms with van der Waals surface area (Å²) in [5.74, 6) is 0.412. The van der Waals surface area contributed by atoms with Gasteiger partial charge in [0.05, 0.1) is 24.6 Å². The number of nitrogens with zero attached hydrogens (tertiary/aromatic N) is 1. The van der Waals surface area contributed by atoms with Crippen LogP contribution in [-0.4, -0.2) is 23.2 Å². The van der Waals surface area contributed by atoms with Crippen molar-refractivity contribution in [3.63, 3.8) is 0 Å². The third kappa shape index (κ3) is 2.44. The zero-order chi connectivity index (χ0) is 12.3. The van der Waals surface area contributed by atoms with E-state index in [-0.39, 0.29) is 5.91 Å². The van der Waals surface area contributed by atoms with Crippen LogP contribution in [0.4, 0.5) is 5.69 Å². The Balaban J connectivity index is 2.23. The van der Waals surface area contributed by atoms with Gasteiger partial charge in [-0.2, -0.15) is 5.10 Å². The number of aromatic amines is 1. The van der Waals surface area contributed by atoms with Crippen molar-refractivity contribution in [1.82, 2.24) is 10.2 Å². The number of H-pyrrole nitrogens is 1. The Hall–Kier alpha value is -2.30. The second kappa shape index (κ2) is 4.69. The van der Waals surface area contributed by atoms with E-state index in [0.29, 0.717) is 17.0 Å². The summed E-state index contributed by atoms with van der Waals surface area (Å²) in [5.41, 5.74) is 2.18. The number of ether oxygens (including phenoxy) is 1. The van der Waals surface area contributed by atoms with E-state index in [0.717, 1.165) is 5.56 Å². The fraction of sp³-hybridized carbons (Fsp3) is 0.167. The van der Waals surface area contributed by atoms with Crippen LogP contribution in [0.5, 0.6) is 5.75 Å². The largest absolute Gasteiger partial charge is 0.495 e. The molecule has 0 saturated heterocycles. The summed E-state index contributed by atoms with van der Waals surface area (Å²) in [6.45, 7) is 1.95. The van der Waals surface area contributed by atoms with Gasteiger partial charge >= 0.3 is 0 Å². The maximum absolute atomic E-state index is 11.8. The normalized spacial score (nSPS) is 10.0. The van der Waals surface area contributed by atoms with Crippen LogP contribution in [-0.2, 0) is 0 Å². The zero-order valence-electron chi connectivity index (χ0n) is 9.65. The van der Waals surface area contributed by atoms with E-state index < -0.39 is 0 Å². The molecule has 0 saturated carbocycles. The smallest absolute Gasteiger partial charge is 0.258 e. The average Bonchev–Trinajstić information content (AvgIpc) is 2.83. The standard InChI is InChI=1S/C12H13N3O2/c1-8-3-4-11(17-2)10(5-8)15-12(16)9-6-13-14-7-9/h3-7H,1-2H3,(H,13,14)(H,15,16). The first-order valence-electron chi connectivity index (χ1n) is 5.15. The first kappa shape index (κ1) is 11.2. The number of methoxy groups -OCH3 is 1. The lowest BCUT2D eigenvalue weighted by Gasteiger charge is -2.10. The summed E-state index contributed by atoms with van der Waals surface area (Å²) >= 11 is 0. The fourth-order valence-corrected chi connectivity index (χ4v) is 1.49. The topological polar surface area (TPSA) is 67.0 Å². The highest BCUT2D eigenvalue weighted by Crippen LogP contribution is 2.25. The Labute approximate surface area is 98.8 Å². The Morgan fingerprint density at radius 3 is 2.94 bits per heavy atom. The quantitative estimate of drug-likeness (QED) is 0.848. The van der Waals surface area contributed by atoms with E-state index in [1.54, 1.807) is 7.11 Å². The molecule has 2 rings (SSSR count). The zero-order valence-corrected chi connectivity index (χ0v) is 9.65. The second-order valence-corrected chi connectivity index (χ2v) is 3.64. The molecule has 1 amide bonds. The van der Waals surface area contributed by atoms with Crippen molar-refractivity contribution < 1.29 is 9.53 Å². The molecule has 1 aromatic heterocycles. The minimum absolute atomic E-state index is 0.220. The molecule has 0 spiro atoms. The number of carbonyl (C=O) groups is 1. The van der Waals surface area contributed by atoms with Gasteiger partial charge in [-0.25, -0.2) is 0 Å². The molecule has 1 aromatic carbocycles. The van der Waals surface area contributed by atoms with Gasteiger partial charge < -0.3 is 10.1 Å². The number of aromatic nitrogens is 2. The molecule has 2 aromatic rings. The van der Waals surface area contributed by atoms with Crippen LogP contribution in [0.3, 0.4) is 0 Å². The van der Waals surface area contributed by atoms with Crippen LogP contribution >= 0.6 is 0 Å². The van der Waals surface area contributed by atoms with E-state index >= 15 is 0 Å². The molecule has 0 fully saturated rings. The van der Waals surface area contributed by atoms with Crippen LogP contribution in [0.1, 0.15) is 15.9 Å². The van der Waals surface area contributed by atoms with Crippen molar-refractivity contribution in [3.8, 4) is 5.75 Å². The molecule has 0 aliphatic heterocycles. The number of hydrogen-bond acceptors (Lipinski definition) is 3. The maximum Gasteiger partial charge on any atom is 0.258 e. The molecular weight excluding hydrogens is 218 g/mol. The Bertz CT molecular complexity index is 521. The highest BCUT2D eigenvalue weighted by atomic mass is 16.5. The van der Waals surface area contributed by atoms with Crippen molar-refractivity contribution in [2.45, 2.75) is 6.92 Å². The third-order valence-corrected chi connectivity index (χ3v) is 2.36. The van der Waals surface area contributed by atoms with E-state index in [4.69, 9.17) is 4.74 Å². The molecule has 5 nitrogen and oxygen atoms in total. The lowest BCUT2D eigenvalue weighted by Crippen LogP contribution is -2.11. The van der Waals surface area contributed by atoms with Crippen LogP contribution in [0.15, 0.2) is 30.6 Å². The maximum atomic E-state index is 11.8. The van der Waals surface area contributed by atoms with Gasteiger partial charge in [-0.1, -0.05) is 6.07 Å². The van der Waals surface area contributed by atoms with E-state index in [1.165, 1.54) is 12.4 Å². The van der Waals surface area contributed by atoms with Crippen molar-refractivity contribution >= 4 is 11.6 Å². The van der Waals surface area contributed by atoms with E-state index in [9.17, 15) is 4.79 Å². The summed E-state index contributed by atoms with van der Waals surface area (Å²) in [6, 6.07) is 5.60. The molecule has 5 heteroatoms. The first-order chi connectivity index (χ1) is 8.20. The summed E-state index contributed by atoms with van der Waals surface area (Å²) in [5, 5.41) is 9.10. The van der Waals surface area contributed by atoms with Gasteiger partial charge in [0.2, 0.25) is 0 Å². The second-order valence-electron chi connectivity index (χ2n) is 3.64. The minimum atomic E-state index is -0.220. The number of carbonyl (C=O) groups excluding carboxylic acids is 1. The van der Waals surface area contributed by atoms with Crippen LogP contribution < -0.4 is 10.1 Å². The lowest BCUT2D eigenvalue weighted by molar-refractivity contribution is 0.102. The van der Waals surface area contributed by atoms with Crippen LogP contribution in [0, 0.1) is 6.92 Å². The number of nitrogens with one attached hydrogen (secondary N) is 2. The number of rotatable bonds is 3. The number of aryl methyl sites for hydroxylation is 1. The van der Waals surface area contributed by atoms with Crippen molar-refractivity contribution in [3.05, 3.63) is 41.7 Å². The third-order valence-electron chi connectivity index (χ3n) is 2.36. The van der Waals surface area contributed by atoms with Gasteiger partial charge in [-0.15, -0.1) is 0 Å². The SMILES string of the molecule is COc1ccc(C)cc1NC(=O)c1cn[nH]c1. The van der Waals surface area contributed by atoms with Gasteiger partial charge in [0, 0.05) is 6.20 Å². The molecule has 0 bridgehead atoms. The Morgan fingerprint density at radius 1 is 1.47 bits per heavy atom. The van der Waals surface area contributed by atoms with Gasteiger partial charge in [0.15, 0.2) is 0 Å². The minimum Gasteiger partial charge on any atom is -0.495 e. The molecule has 0 aliphatic carbocycles. The van der Waals surface area contributed by atoms with Crippen molar-refractivity contribution in [2.24, 2.45) is 0 Å². The number of benzene rings is 1. The molecule has 1 heterocycles. The van der Waals surface area contributed by atoms with Crippen LogP contribution in [0.25, 0.3) is 0 Å². The highest BCUT2D eigenvalue weighted by molar-refractivity contribution is 6.04. The van der Waals surface area contributed by atoms with Gasteiger partial charge in [-0.3, -0.25) is 9.89 Å². The number of amides is 1. The monoisotopic (exact) mass is 231 g/mol. The first-order valence-corrected chi connectivity index (χ1v) is 5.15. The van der Waals surface area contributed by atoms with E-state index in [2.05, 4.69) is 15.5 Å². The molecule has 0 aliphatic rings. The summed E-state index contributed by atoms with van der Waals surface area (Å²) < 4.78 is 5.18. The van der Waals surface area contributed by atoms with Crippen molar-refractivity contribution in [2.75, 3.05) is 12.4 Å². The average molecular weight is 231 g/mol. The van der Waals surface area contributed by atoms with Gasteiger partial charge in [0.25, 0.3) is 5.91 Å².